The predicted octanol–water partition coefficient (Wildman–Crippen LogP) is 3.58. The van der Waals surface area contributed by atoms with Crippen LogP contribution in [-0.2, 0) is 10.0 Å². The lowest BCUT2D eigenvalue weighted by molar-refractivity contribution is -0.00810. The molecule has 7 heteroatoms. The van der Waals surface area contributed by atoms with Gasteiger partial charge >= 0.3 is 0 Å². The van der Waals surface area contributed by atoms with E-state index >= 15 is 0 Å². The first-order chi connectivity index (χ1) is 13.9. The number of anilines is 1. The first kappa shape index (κ1) is 18.8. The van der Waals surface area contributed by atoms with Crippen LogP contribution in [0.4, 0.5) is 5.69 Å². The number of rotatable bonds is 5. The molecule has 1 aromatic carbocycles. The lowest BCUT2D eigenvalue weighted by Crippen LogP contribution is -2.59. The van der Waals surface area contributed by atoms with E-state index in [1.54, 1.807) is 42.6 Å². The third-order valence-electron chi connectivity index (χ3n) is 6.74. The maximum absolute atomic E-state index is 13.1. The Morgan fingerprint density at radius 2 is 1.59 bits per heavy atom. The van der Waals surface area contributed by atoms with E-state index in [4.69, 9.17) is 0 Å². The van der Waals surface area contributed by atoms with Crippen molar-refractivity contribution in [2.45, 2.75) is 49.0 Å². The zero-order chi connectivity index (χ0) is 20.1. The second-order valence-electron chi connectivity index (χ2n) is 9.02. The van der Waals surface area contributed by atoms with Crippen molar-refractivity contribution in [3.05, 3.63) is 54.4 Å². The number of aromatic nitrogens is 1. The minimum Gasteiger partial charge on any atom is -0.322 e. The van der Waals surface area contributed by atoms with Gasteiger partial charge in [-0.1, -0.05) is 0 Å². The molecule has 0 spiro atoms. The van der Waals surface area contributed by atoms with Crippen molar-refractivity contribution < 1.29 is 13.2 Å². The Kier molecular flexibility index (Phi) is 4.47. The number of hydrogen-bond donors (Lipinski definition) is 2. The molecule has 2 N–H and O–H groups in total. The van der Waals surface area contributed by atoms with E-state index in [1.807, 2.05) is 0 Å². The number of carbonyl (C=O) groups is 1. The van der Waals surface area contributed by atoms with Gasteiger partial charge in [-0.3, -0.25) is 9.78 Å². The summed E-state index contributed by atoms with van der Waals surface area (Å²) in [5.41, 5.74) is 0.737. The van der Waals surface area contributed by atoms with Gasteiger partial charge < -0.3 is 5.32 Å². The Morgan fingerprint density at radius 3 is 2.14 bits per heavy atom. The van der Waals surface area contributed by atoms with Crippen molar-refractivity contribution in [3.63, 3.8) is 0 Å². The maximum Gasteiger partial charge on any atom is 0.257 e. The van der Waals surface area contributed by atoms with E-state index in [1.165, 1.54) is 25.5 Å². The minimum atomic E-state index is -3.59. The SMILES string of the molecule is O=C(Nc1ccc(S(=O)(=O)NC23CC4CC(CC(C4)C2)C3)cc1)c1cccnc1. The second kappa shape index (κ2) is 6.92. The Morgan fingerprint density at radius 1 is 0.966 bits per heavy atom. The highest BCUT2D eigenvalue weighted by Gasteiger charge is 2.52. The molecule has 4 bridgehead atoms. The van der Waals surface area contributed by atoms with Crippen molar-refractivity contribution >= 4 is 21.6 Å². The molecule has 29 heavy (non-hydrogen) atoms. The summed E-state index contributed by atoms with van der Waals surface area (Å²) in [6, 6.07) is 9.74. The highest BCUT2D eigenvalue weighted by molar-refractivity contribution is 7.89. The normalized spacial score (nSPS) is 30.3. The third kappa shape index (κ3) is 3.69. The van der Waals surface area contributed by atoms with Crippen molar-refractivity contribution in [2.75, 3.05) is 5.32 Å². The van der Waals surface area contributed by atoms with E-state index in [2.05, 4.69) is 15.0 Å². The van der Waals surface area contributed by atoms with Crippen LogP contribution < -0.4 is 10.0 Å². The molecule has 4 saturated carbocycles. The van der Waals surface area contributed by atoms with Gasteiger partial charge in [0.25, 0.3) is 5.91 Å². The fourth-order valence-electron chi connectivity index (χ4n) is 6.00. The first-order valence-corrected chi connectivity index (χ1v) is 11.7. The van der Waals surface area contributed by atoms with Gasteiger partial charge in [0.15, 0.2) is 0 Å². The number of carbonyl (C=O) groups excluding carboxylic acids is 1. The van der Waals surface area contributed by atoms with Crippen LogP contribution in [0.5, 0.6) is 0 Å². The van der Waals surface area contributed by atoms with E-state index < -0.39 is 10.0 Å². The molecule has 4 fully saturated rings. The number of pyridine rings is 1. The van der Waals surface area contributed by atoms with Crippen molar-refractivity contribution in [3.8, 4) is 0 Å². The van der Waals surface area contributed by atoms with Gasteiger partial charge in [0, 0.05) is 23.6 Å². The summed E-state index contributed by atoms with van der Waals surface area (Å²) < 4.78 is 29.2. The van der Waals surface area contributed by atoms with Gasteiger partial charge in [0.05, 0.1) is 10.5 Å². The Balaban J connectivity index is 1.30. The standard InChI is InChI=1S/C22H25N3O3S/c26-21(18-2-1-7-23-14-18)24-19-3-5-20(6-4-19)29(27,28)25-22-11-15-8-16(12-22)10-17(9-15)13-22/h1-7,14-17,25H,8-13H2,(H,24,26). The Labute approximate surface area is 171 Å². The zero-order valence-electron chi connectivity index (χ0n) is 16.2. The number of sulfonamides is 1. The monoisotopic (exact) mass is 411 g/mol. The molecule has 4 aliphatic carbocycles. The van der Waals surface area contributed by atoms with E-state index in [0.29, 0.717) is 29.0 Å². The smallest absolute Gasteiger partial charge is 0.257 e. The topological polar surface area (TPSA) is 88.2 Å². The van der Waals surface area contributed by atoms with Crippen molar-refractivity contribution in [2.24, 2.45) is 17.8 Å². The molecule has 1 aromatic heterocycles. The van der Waals surface area contributed by atoms with Gasteiger partial charge in [-0.25, -0.2) is 13.1 Å². The molecule has 0 radical (unpaired) electrons. The van der Waals surface area contributed by atoms with Crippen molar-refractivity contribution in [1.29, 1.82) is 0 Å². The number of amides is 1. The summed E-state index contributed by atoms with van der Waals surface area (Å²) in [6.07, 6.45) is 9.81. The molecule has 0 saturated heterocycles. The summed E-state index contributed by atoms with van der Waals surface area (Å²) in [7, 11) is -3.59. The predicted molar refractivity (Wildman–Crippen MR) is 110 cm³/mol. The van der Waals surface area contributed by atoms with E-state index in [0.717, 1.165) is 19.3 Å². The van der Waals surface area contributed by atoms with Gasteiger partial charge in [-0.15, -0.1) is 0 Å². The summed E-state index contributed by atoms with van der Waals surface area (Å²) in [4.78, 5) is 16.4. The second-order valence-corrected chi connectivity index (χ2v) is 10.7. The van der Waals surface area contributed by atoms with Gasteiger partial charge in [0.2, 0.25) is 10.0 Å². The summed E-state index contributed by atoms with van der Waals surface area (Å²) in [5, 5.41) is 2.77. The van der Waals surface area contributed by atoms with Crippen LogP contribution in [0.15, 0.2) is 53.7 Å². The molecular weight excluding hydrogens is 386 g/mol. The van der Waals surface area contributed by atoms with Crippen LogP contribution in [0.1, 0.15) is 48.9 Å². The molecule has 6 rings (SSSR count). The van der Waals surface area contributed by atoms with Crippen LogP contribution in [0, 0.1) is 17.8 Å². The highest BCUT2D eigenvalue weighted by atomic mass is 32.2. The van der Waals surface area contributed by atoms with Crippen molar-refractivity contribution in [1.82, 2.24) is 9.71 Å². The average molecular weight is 412 g/mol. The molecule has 0 aliphatic heterocycles. The lowest BCUT2D eigenvalue weighted by atomic mass is 9.53. The highest BCUT2D eigenvalue weighted by Crippen LogP contribution is 2.55. The zero-order valence-corrected chi connectivity index (χ0v) is 17.0. The average Bonchev–Trinajstić information content (AvgIpc) is 2.67. The van der Waals surface area contributed by atoms with Crippen LogP contribution in [0.2, 0.25) is 0 Å². The Hall–Kier alpha value is -2.25. The fourth-order valence-corrected chi connectivity index (χ4v) is 7.43. The van der Waals surface area contributed by atoms with Gasteiger partial charge in [-0.2, -0.15) is 0 Å². The number of benzene rings is 1. The molecule has 6 nitrogen and oxygen atoms in total. The molecule has 0 unspecified atom stereocenters. The maximum atomic E-state index is 13.1. The largest absolute Gasteiger partial charge is 0.322 e. The van der Waals surface area contributed by atoms with Crippen LogP contribution in [-0.4, -0.2) is 24.8 Å². The van der Waals surface area contributed by atoms with Gasteiger partial charge in [-0.05, 0) is 92.7 Å². The number of nitrogens with one attached hydrogen (secondary N) is 2. The first-order valence-electron chi connectivity index (χ1n) is 10.3. The summed E-state index contributed by atoms with van der Waals surface area (Å²) in [6.45, 7) is 0. The van der Waals surface area contributed by atoms with Crippen LogP contribution in [0.3, 0.4) is 0 Å². The minimum absolute atomic E-state index is 0.243. The van der Waals surface area contributed by atoms with Crippen LogP contribution >= 0.6 is 0 Å². The third-order valence-corrected chi connectivity index (χ3v) is 8.33. The number of hydrogen-bond acceptors (Lipinski definition) is 4. The summed E-state index contributed by atoms with van der Waals surface area (Å²) >= 11 is 0. The fraction of sp³-hybridized carbons (Fsp3) is 0.455. The molecule has 2 aromatic rings. The van der Waals surface area contributed by atoms with E-state index in [9.17, 15) is 13.2 Å². The Bertz CT molecular complexity index is 984. The molecule has 4 aliphatic rings. The van der Waals surface area contributed by atoms with E-state index in [-0.39, 0.29) is 16.3 Å². The molecule has 0 atom stereocenters. The molecule has 1 amide bonds. The summed E-state index contributed by atoms with van der Waals surface area (Å²) in [5.74, 6) is 1.75. The van der Waals surface area contributed by atoms with Gasteiger partial charge in [0.1, 0.15) is 0 Å². The number of nitrogens with zero attached hydrogens (tertiary/aromatic N) is 1. The quantitative estimate of drug-likeness (QED) is 0.787. The molecular formula is C22H25N3O3S. The van der Waals surface area contributed by atoms with Crippen LogP contribution in [0.25, 0.3) is 0 Å². The molecule has 1 heterocycles. The lowest BCUT2D eigenvalue weighted by Gasteiger charge is -2.56. The molecule has 152 valence electrons.